The summed E-state index contributed by atoms with van der Waals surface area (Å²) in [5.41, 5.74) is 2.57. The molecule has 4 atom stereocenters. The minimum absolute atomic E-state index is 0.117. The van der Waals surface area contributed by atoms with Gasteiger partial charge in [-0.25, -0.2) is 9.97 Å². The maximum Gasteiger partial charge on any atom is 0.159 e. The second-order valence-corrected chi connectivity index (χ2v) is 10.4. The number of carbonyl (C=O) groups excluding carboxylic acids is 1. The first-order chi connectivity index (χ1) is 15.7. The summed E-state index contributed by atoms with van der Waals surface area (Å²) in [4.78, 5) is 21.6. The van der Waals surface area contributed by atoms with Crippen molar-refractivity contribution in [1.29, 1.82) is 0 Å². The fourth-order valence-electron chi connectivity index (χ4n) is 4.33. The van der Waals surface area contributed by atoms with E-state index in [2.05, 4.69) is 75.6 Å². The van der Waals surface area contributed by atoms with Gasteiger partial charge in [0, 0.05) is 5.92 Å². The van der Waals surface area contributed by atoms with Crippen molar-refractivity contribution >= 4 is 17.8 Å². The molecule has 6 nitrogen and oxygen atoms in total. The molecular formula is C27H50N4O2. The molecule has 1 aromatic heterocycles. The fraction of sp³-hybridized carbons (Fsp3) is 0.815. The van der Waals surface area contributed by atoms with E-state index in [1.54, 1.807) is 6.33 Å². The van der Waals surface area contributed by atoms with Crippen LogP contribution in [0, 0.1) is 24.2 Å². The zero-order chi connectivity index (χ0) is 25.0. The fourth-order valence-corrected chi connectivity index (χ4v) is 4.33. The number of fused-ring (bicyclic) bond motifs is 1. The van der Waals surface area contributed by atoms with E-state index >= 15 is 0 Å². The number of aldehydes is 1. The number of hydrogen-bond acceptors (Lipinski definition) is 6. The van der Waals surface area contributed by atoms with Gasteiger partial charge in [-0.1, -0.05) is 87.5 Å². The Morgan fingerprint density at radius 2 is 1.64 bits per heavy atom. The smallest absolute Gasteiger partial charge is 0.159 e. The van der Waals surface area contributed by atoms with Gasteiger partial charge >= 0.3 is 0 Å². The Bertz CT molecular complexity index is 685. The van der Waals surface area contributed by atoms with Gasteiger partial charge in [0.25, 0.3) is 0 Å². The van der Waals surface area contributed by atoms with Crippen LogP contribution in [0.3, 0.4) is 0 Å². The zero-order valence-corrected chi connectivity index (χ0v) is 22.8. The topological polar surface area (TPSA) is 67.3 Å². The first kappa shape index (κ1) is 29.3. The Labute approximate surface area is 203 Å². The number of hydrogen-bond donors (Lipinski definition) is 1. The molecule has 1 N–H and O–H groups in total. The molecule has 2 fully saturated rings. The SMILES string of the molecule is CC1(C)CCCCC1.CCC.CCC.Cc1ncnc2c1NCN2C1OC(C=O)C(C)C1C. The highest BCUT2D eigenvalue weighted by Gasteiger charge is 2.44. The van der Waals surface area contributed by atoms with Crippen LogP contribution in [0.1, 0.15) is 106 Å². The van der Waals surface area contributed by atoms with Crippen LogP contribution in [0.15, 0.2) is 6.33 Å². The highest BCUT2D eigenvalue weighted by Crippen LogP contribution is 2.39. The molecule has 0 aromatic carbocycles. The van der Waals surface area contributed by atoms with Crippen molar-refractivity contribution in [2.45, 2.75) is 120 Å². The number of nitrogens with one attached hydrogen (secondary N) is 1. The number of aryl methyl sites for hydroxylation is 1. The van der Waals surface area contributed by atoms with Gasteiger partial charge in [0.15, 0.2) is 5.82 Å². The van der Waals surface area contributed by atoms with Crippen LogP contribution in [0.2, 0.25) is 0 Å². The van der Waals surface area contributed by atoms with Gasteiger partial charge in [0.1, 0.15) is 30.6 Å². The molecule has 1 aliphatic carbocycles. The molecule has 4 unspecified atom stereocenters. The first-order valence-corrected chi connectivity index (χ1v) is 13.1. The molecule has 2 aliphatic heterocycles. The highest BCUT2D eigenvalue weighted by atomic mass is 16.5. The van der Waals surface area contributed by atoms with E-state index in [4.69, 9.17) is 4.74 Å². The second kappa shape index (κ2) is 14.5. The summed E-state index contributed by atoms with van der Waals surface area (Å²) in [5.74, 6) is 1.36. The standard InChI is InChI=1S/C13H18N4O2.C8H16.2C3H8/c1-7-8(2)13(19-10(7)4-18)17-6-16-11-9(3)14-5-15-12(11)17;1-8(2)6-4-3-5-7-8;2*1-3-2/h4-5,7-8,10,13,16H,6H2,1-3H3;3-7H2,1-2H3;2*3H2,1-2H3. The summed E-state index contributed by atoms with van der Waals surface area (Å²) >= 11 is 0. The average Bonchev–Trinajstić information content (AvgIpc) is 3.32. The lowest BCUT2D eigenvalue weighted by molar-refractivity contribution is -0.118. The van der Waals surface area contributed by atoms with Gasteiger partial charge in [0.05, 0.1) is 12.4 Å². The number of aromatic nitrogens is 2. The van der Waals surface area contributed by atoms with E-state index < -0.39 is 0 Å². The predicted octanol–water partition coefficient (Wildman–Crippen LogP) is 6.98. The third kappa shape index (κ3) is 8.55. The average molecular weight is 463 g/mol. The van der Waals surface area contributed by atoms with Crippen molar-refractivity contribution in [3.63, 3.8) is 0 Å². The molecule has 0 spiro atoms. The second-order valence-electron chi connectivity index (χ2n) is 10.4. The Morgan fingerprint density at radius 3 is 2.09 bits per heavy atom. The van der Waals surface area contributed by atoms with Crippen LogP contribution in [-0.2, 0) is 9.53 Å². The predicted molar refractivity (Wildman–Crippen MR) is 140 cm³/mol. The Balaban J connectivity index is 0.000000322. The number of nitrogens with zero attached hydrogens (tertiary/aromatic N) is 3. The van der Waals surface area contributed by atoms with Crippen LogP contribution in [0.4, 0.5) is 11.5 Å². The third-order valence-corrected chi connectivity index (χ3v) is 6.46. The van der Waals surface area contributed by atoms with E-state index in [0.717, 1.165) is 23.5 Å². The monoisotopic (exact) mass is 462 g/mol. The van der Waals surface area contributed by atoms with Gasteiger partial charge in [-0.3, -0.25) is 0 Å². The molecule has 4 rings (SSSR count). The summed E-state index contributed by atoms with van der Waals surface area (Å²) in [6.45, 7) is 20.0. The number of anilines is 2. The van der Waals surface area contributed by atoms with Crippen LogP contribution in [0.5, 0.6) is 0 Å². The van der Waals surface area contributed by atoms with Crippen molar-refractivity contribution in [1.82, 2.24) is 9.97 Å². The maximum absolute atomic E-state index is 11.0. The van der Waals surface area contributed by atoms with Gasteiger partial charge in [-0.15, -0.1) is 0 Å². The van der Waals surface area contributed by atoms with Crippen molar-refractivity contribution in [3.8, 4) is 0 Å². The third-order valence-electron chi connectivity index (χ3n) is 6.46. The van der Waals surface area contributed by atoms with E-state index in [1.807, 2.05) is 6.92 Å². The minimum Gasteiger partial charge on any atom is -0.363 e. The summed E-state index contributed by atoms with van der Waals surface area (Å²) in [5, 5.41) is 3.30. The molecule has 0 amide bonds. The largest absolute Gasteiger partial charge is 0.363 e. The molecule has 3 heterocycles. The van der Waals surface area contributed by atoms with Crippen molar-refractivity contribution in [2.75, 3.05) is 16.9 Å². The molecular weight excluding hydrogens is 412 g/mol. The van der Waals surface area contributed by atoms with Crippen molar-refractivity contribution in [3.05, 3.63) is 12.0 Å². The number of carbonyl (C=O) groups is 1. The maximum atomic E-state index is 11.0. The Hall–Kier alpha value is -1.69. The molecule has 3 aliphatic rings. The first-order valence-electron chi connectivity index (χ1n) is 13.1. The van der Waals surface area contributed by atoms with E-state index in [9.17, 15) is 4.79 Å². The molecule has 1 saturated heterocycles. The summed E-state index contributed by atoms with van der Waals surface area (Å²) in [6, 6.07) is 0. The Kier molecular flexibility index (Phi) is 12.9. The molecule has 190 valence electrons. The van der Waals surface area contributed by atoms with Crippen LogP contribution >= 0.6 is 0 Å². The zero-order valence-electron chi connectivity index (χ0n) is 22.8. The molecule has 1 saturated carbocycles. The van der Waals surface area contributed by atoms with Gasteiger partial charge in [-0.2, -0.15) is 0 Å². The summed E-state index contributed by atoms with van der Waals surface area (Å²) in [7, 11) is 0. The van der Waals surface area contributed by atoms with Crippen LogP contribution < -0.4 is 10.2 Å². The minimum atomic E-state index is -0.327. The quantitative estimate of drug-likeness (QED) is 0.478. The molecule has 0 radical (unpaired) electrons. The lowest BCUT2D eigenvalue weighted by atomic mass is 9.78. The van der Waals surface area contributed by atoms with E-state index in [1.165, 1.54) is 44.9 Å². The van der Waals surface area contributed by atoms with Gasteiger partial charge < -0.3 is 19.7 Å². The van der Waals surface area contributed by atoms with Crippen LogP contribution in [-0.4, -0.2) is 35.3 Å². The van der Waals surface area contributed by atoms with E-state index in [-0.39, 0.29) is 24.2 Å². The summed E-state index contributed by atoms with van der Waals surface area (Å²) < 4.78 is 5.87. The van der Waals surface area contributed by atoms with E-state index in [0.29, 0.717) is 12.1 Å². The highest BCUT2D eigenvalue weighted by molar-refractivity contribution is 5.73. The summed E-state index contributed by atoms with van der Waals surface area (Å²) in [6.07, 6.45) is 11.8. The molecule has 6 heteroatoms. The number of ether oxygens (including phenoxy) is 1. The lowest BCUT2D eigenvalue weighted by Gasteiger charge is -2.28. The Morgan fingerprint density at radius 1 is 1.06 bits per heavy atom. The lowest BCUT2D eigenvalue weighted by Crippen LogP contribution is -2.39. The number of rotatable bonds is 2. The van der Waals surface area contributed by atoms with Crippen LogP contribution in [0.25, 0.3) is 0 Å². The molecule has 33 heavy (non-hydrogen) atoms. The molecule has 0 bridgehead atoms. The molecule has 1 aromatic rings. The normalized spacial score (nSPS) is 26.9. The van der Waals surface area contributed by atoms with Gasteiger partial charge in [0.2, 0.25) is 0 Å². The van der Waals surface area contributed by atoms with Gasteiger partial charge in [-0.05, 0) is 31.1 Å². The van der Waals surface area contributed by atoms with Crippen molar-refractivity contribution < 1.29 is 9.53 Å². The van der Waals surface area contributed by atoms with Crippen molar-refractivity contribution in [2.24, 2.45) is 17.3 Å².